The van der Waals surface area contributed by atoms with Crippen molar-refractivity contribution in [1.29, 1.82) is 0 Å². The van der Waals surface area contributed by atoms with Crippen molar-refractivity contribution >= 4 is 37.5 Å². The number of hydrogen-bond acceptors (Lipinski definition) is 4. The highest BCUT2D eigenvalue weighted by molar-refractivity contribution is 9.10. The summed E-state index contributed by atoms with van der Waals surface area (Å²) in [4.78, 5) is 11.7. The Morgan fingerprint density at radius 2 is 1.83 bits per heavy atom. The predicted molar refractivity (Wildman–Crippen MR) is 114 cm³/mol. The van der Waals surface area contributed by atoms with Crippen LogP contribution >= 0.6 is 15.9 Å². The average Bonchev–Trinajstić information content (AvgIpc) is 3.16. The van der Waals surface area contributed by atoms with Crippen LogP contribution in [0.1, 0.15) is 17.7 Å². The number of amides is 1. The molecule has 1 aromatic heterocycles. The van der Waals surface area contributed by atoms with E-state index < -0.39 is 10.0 Å². The number of aryl methyl sites for hydroxylation is 1. The van der Waals surface area contributed by atoms with Crippen LogP contribution in [0.15, 0.2) is 68.4 Å². The summed E-state index contributed by atoms with van der Waals surface area (Å²) in [6.07, 6.45) is 0.889. The first-order valence-electron chi connectivity index (χ1n) is 9.07. The quantitative estimate of drug-likeness (QED) is 0.593. The Morgan fingerprint density at radius 3 is 2.59 bits per heavy atom. The Morgan fingerprint density at radius 1 is 1.07 bits per heavy atom. The van der Waals surface area contributed by atoms with Crippen LogP contribution in [-0.4, -0.2) is 25.7 Å². The molecule has 0 spiro atoms. The summed E-state index contributed by atoms with van der Waals surface area (Å²) in [5.74, 6) is 1.19. The van der Waals surface area contributed by atoms with Crippen molar-refractivity contribution in [2.45, 2.75) is 24.3 Å². The number of sulfonamides is 1. The summed E-state index contributed by atoms with van der Waals surface area (Å²) < 4.78 is 34.1. The third-order valence-electron chi connectivity index (χ3n) is 4.85. The van der Waals surface area contributed by atoms with Gasteiger partial charge in [0.1, 0.15) is 11.5 Å². The Hall–Kier alpha value is -2.42. The molecule has 0 bridgehead atoms. The number of furan rings is 1. The molecule has 0 fully saturated rings. The molecular formula is C21H19BrN2O4S. The van der Waals surface area contributed by atoms with Crippen molar-refractivity contribution in [3.05, 3.63) is 70.4 Å². The standard InChI is InChI=1S/C21H19BrN2O4S/c1-24(13-17-7-10-20(28-17)14-2-5-16(22)6-3-14)29(26,27)18-8-9-19-15(12-18)4-11-21(25)23-19/h2-3,5-10,12H,4,11,13H2,1H3,(H,23,25). The van der Waals surface area contributed by atoms with Crippen molar-refractivity contribution in [2.24, 2.45) is 0 Å². The lowest BCUT2D eigenvalue weighted by molar-refractivity contribution is -0.116. The number of anilines is 1. The first kappa shape index (κ1) is 19.9. The van der Waals surface area contributed by atoms with Gasteiger partial charge in [-0.05, 0) is 54.4 Å². The molecule has 0 saturated carbocycles. The molecule has 6 nitrogen and oxygen atoms in total. The van der Waals surface area contributed by atoms with Gasteiger partial charge in [0.2, 0.25) is 15.9 Å². The van der Waals surface area contributed by atoms with Crippen LogP contribution in [0.4, 0.5) is 5.69 Å². The molecule has 8 heteroatoms. The molecule has 2 aromatic carbocycles. The highest BCUT2D eigenvalue weighted by Gasteiger charge is 2.24. The minimum absolute atomic E-state index is 0.0513. The van der Waals surface area contributed by atoms with Crippen LogP contribution in [-0.2, 0) is 27.8 Å². The zero-order valence-electron chi connectivity index (χ0n) is 15.7. The molecule has 1 N–H and O–H groups in total. The summed E-state index contributed by atoms with van der Waals surface area (Å²) in [5, 5.41) is 2.76. The van der Waals surface area contributed by atoms with E-state index in [-0.39, 0.29) is 17.3 Å². The van der Waals surface area contributed by atoms with Gasteiger partial charge in [-0.25, -0.2) is 8.42 Å². The fraction of sp³-hybridized carbons (Fsp3) is 0.190. The number of benzene rings is 2. The lowest BCUT2D eigenvalue weighted by atomic mass is 10.0. The van der Waals surface area contributed by atoms with Crippen LogP contribution in [0.2, 0.25) is 0 Å². The Labute approximate surface area is 177 Å². The monoisotopic (exact) mass is 474 g/mol. The zero-order valence-corrected chi connectivity index (χ0v) is 18.1. The van der Waals surface area contributed by atoms with Gasteiger partial charge < -0.3 is 9.73 Å². The van der Waals surface area contributed by atoms with E-state index in [2.05, 4.69) is 21.2 Å². The molecule has 1 aliphatic rings. The Kier molecular flexibility index (Phi) is 5.33. The lowest BCUT2D eigenvalue weighted by Gasteiger charge is -2.20. The van der Waals surface area contributed by atoms with E-state index in [0.717, 1.165) is 15.6 Å². The van der Waals surface area contributed by atoms with Gasteiger partial charge in [0.25, 0.3) is 0 Å². The maximum Gasteiger partial charge on any atom is 0.243 e. The smallest absolute Gasteiger partial charge is 0.243 e. The van der Waals surface area contributed by atoms with E-state index in [9.17, 15) is 13.2 Å². The van der Waals surface area contributed by atoms with Gasteiger partial charge in [0.05, 0.1) is 11.4 Å². The van der Waals surface area contributed by atoms with E-state index in [4.69, 9.17) is 4.42 Å². The fourth-order valence-electron chi connectivity index (χ4n) is 3.24. The van der Waals surface area contributed by atoms with E-state index in [1.54, 1.807) is 18.2 Å². The largest absolute Gasteiger partial charge is 0.460 e. The summed E-state index contributed by atoms with van der Waals surface area (Å²) in [6.45, 7) is 0.118. The molecule has 1 aliphatic heterocycles. The van der Waals surface area contributed by atoms with Crippen molar-refractivity contribution in [3.8, 4) is 11.3 Å². The Balaban J connectivity index is 1.53. The number of carbonyl (C=O) groups is 1. The van der Waals surface area contributed by atoms with E-state index in [0.29, 0.717) is 30.0 Å². The van der Waals surface area contributed by atoms with E-state index in [1.807, 2.05) is 30.3 Å². The van der Waals surface area contributed by atoms with Crippen molar-refractivity contribution in [3.63, 3.8) is 0 Å². The van der Waals surface area contributed by atoms with Gasteiger partial charge in [0.15, 0.2) is 0 Å². The summed E-state index contributed by atoms with van der Waals surface area (Å²) in [6, 6.07) is 16.1. The molecule has 0 unspecified atom stereocenters. The predicted octanol–water partition coefficient (Wildman–Crippen LogP) is 4.41. The fourth-order valence-corrected chi connectivity index (χ4v) is 4.69. The van der Waals surface area contributed by atoms with Gasteiger partial charge in [-0.1, -0.05) is 28.1 Å². The Bertz CT molecular complexity index is 1170. The molecular weight excluding hydrogens is 456 g/mol. The molecule has 0 saturated heterocycles. The average molecular weight is 475 g/mol. The topological polar surface area (TPSA) is 79.6 Å². The molecule has 0 atom stereocenters. The maximum atomic E-state index is 13.0. The molecule has 4 rings (SSSR count). The molecule has 29 heavy (non-hydrogen) atoms. The first-order chi connectivity index (χ1) is 13.8. The van der Waals surface area contributed by atoms with E-state index in [1.165, 1.54) is 17.4 Å². The molecule has 2 heterocycles. The second-order valence-electron chi connectivity index (χ2n) is 6.90. The summed E-state index contributed by atoms with van der Waals surface area (Å²) in [7, 11) is -2.16. The second-order valence-corrected chi connectivity index (χ2v) is 9.86. The molecule has 0 aliphatic carbocycles. The third kappa shape index (κ3) is 4.14. The third-order valence-corrected chi connectivity index (χ3v) is 7.18. The first-order valence-corrected chi connectivity index (χ1v) is 11.3. The minimum Gasteiger partial charge on any atom is -0.460 e. The van der Waals surface area contributed by atoms with Crippen molar-refractivity contribution < 1.29 is 17.6 Å². The van der Waals surface area contributed by atoms with Crippen molar-refractivity contribution in [1.82, 2.24) is 4.31 Å². The second kappa shape index (κ2) is 7.78. The van der Waals surface area contributed by atoms with E-state index >= 15 is 0 Å². The van der Waals surface area contributed by atoms with Crippen LogP contribution in [0.5, 0.6) is 0 Å². The SMILES string of the molecule is CN(Cc1ccc(-c2ccc(Br)cc2)o1)S(=O)(=O)c1ccc2c(c1)CCC(=O)N2. The zero-order chi connectivity index (χ0) is 20.6. The summed E-state index contributed by atoms with van der Waals surface area (Å²) in [5.41, 5.74) is 2.42. The van der Waals surface area contributed by atoms with Gasteiger partial charge in [0, 0.05) is 29.2 Å². The minimum atomic E-state index is -3.69. The van der Waals surface area contributed by atoms with Gasteiger partial charge in [-0.3, -0.25) is 4.79 Å². The number of halogens is 1. The van der Waals surface area contributed by atoms with Crippen LogP contribution in [0.3, 0.4) is 0 Å². The number of fused-ring (bicyclic) bond motifs is 1. The van der Waals surface area contributed by atoms with Crippen LogP contribution in [0, 0.1) is 0 Å². The van der Waals surface area contributed by atoms with Gasteiger partial charge >= 0.3 is 0 Å². The number of nitrogens with one attached hydrogen (secondary N) is 1. The molecule has 3 aromatic rings. The number of hydrogen-bond donors (Lipinski definition) is 1. The normalized spacial score (nSPS) is 14.0. The highest BCUT2D eigenvalue weighted by atomic mass is 79.9. The maximum absolute atomic E-state index is 13.0. The van der Waals surface area contributed by atoms with Gasteiger partial charge in [-0.15, -0.1) is 0 Å². The lowest BCUT2D eigenvalue weighted by Crippen LogP contribution is -2.27. The van der Waals surface area contributed by atoms with Crippen LogP contribution < -0.4 is 5.32 Å². The van der Waals surface area contributed by atoms with Crippen LogP contribution in [0.25, 0.3) is 11.3 Å². The van der Waals surface area contributed by atoms with Gasteiger partial charge in [-0.2, -0.15) is 4.31 Å². The number of rotatable bonds is 5. The summed E-state index contributed by atoms with van der Waals surface area (Å²) >= 11 is 3.40. The van der Waals surface area contributed by atoms with Crippen molar-refractivity contribution in [2.75, 3.05) is 12.4 Å². The molecule has 150 valence electrons. The number of nitrogens with zero attached hydrogens (tertiary/aromatic N) is 1. The number of carbonyl (C=O) groups excluding carboxylic acids is 1. The molecule has 1 amide bonds. The highest BCUT2D eigenvalue weighted by Crippen LogP contribution is 2.28. The molecule has 0 radical (unpaired) electrons.